The first-order valence-corrected chi connectivity index (χ1v) is 10.1. The predicted molar refractivity (Wildman–Crippen MR) is 108 cm³/mol. The van der Waals surface area contributed by atoms with Crippen LogP contribution in [-0.4, -0.2) is 61.7 Å². The van der Waals surface area contributed by atoms with Crippen molar-refractivity contribution in [2.45, 2.75) is 70.1 Å². The summed E-state index contributed by atoms with van der Waals surface area (Å²) in [6, 6.07) is -0.431. The SMILES string of the molecule is CCCCN=C(C=C(N)[C@@H](CN=[N+]=[N-])N(C(=O)[C@H]1CCCCO1)C1CC1)OC. The molecule has 1 amide bonds. The van der Waals surface area contributed by atoms with Gasteiger partial charge in [0, 0.05) is 35.9 Å². The van der Waals surface area contributed by atoms with Crippen molar-refractivity contribution in [1.29, 1.82) is 0 Å². The molecule has 156 valence electrons. The van der Waals surface area contributed by atoms with Gasteiger partial charge >= 0.3 is 0 Å². The number of ether oxygens (including phenoxy) is 2. The maximum absolute atomic E-state index is 13.2. The van der Waals surface area contributed by atoms with Gasteiger partial charge in [0.2, 0.25) is 5.90 Å². The van der Waals surface area contributed by atoms with Crippen LogP contribution in [0.5, 0.6) is 0 Å². The maximum atomic E-state index is 13.2. The first kappa shape index (κ1) is 22.0. The zero-order chi connectivity index (χ0) is 20.4. The van der Waals surface area contributed by atoms with Crippen LogP contribution in [0.1, 0.15) is 51.9 Å². The molecule has 9 heteroatoms. The van der Waals surface area contributed by atoms with Gasteiger partial charge < -0.3 is 20.1 Å². The van der Waals surface area contributed by atoms with Crippen LogP contribution in [-0.2, 0) is 14.3 Å². The van der Waals surface area contributed by atoms with Crippen LogP contribution in [0.2, 0.25) is 0 Å². The fraction of sp³-hybridized carbons (Fsp3) is 0.789. The van der Waals surface area contributed by atoms with Crippen molar-refractivity contribution in [3.8, 4) is 0 Å². The Hall–Kier alpha value is -2.25. The molecule has 2 fully saturated rings. The summed E-state index contributed by atoms with van der Waals surface area (Å²) in [5.74, 6) is 0.340. The Morgan fingerprint density at radius 3 is 2.79 bits per heavy atom. The lowest BCUT2D eigenvalue weighted by Crippen LogP contribution is -2.51. The van der Waals surface area contributed by atoms with Crippen molar-refractivity contribution >= 4 is 11.8 Å². The summed E-state index contributed by atoms with van der Waals surface area (Å²) in [6.45, 7) is 3.40. The van der Waals surface area contributed by atoms with Crippen LogP contribution in [0.15, 0.2) is 21.9 Å². The lowest BCUT2D eigenvalue weighted by atomic mass is 10.1. The largest absolute Gasteiger partial charge is 0.481 e. The molecular weight excluding hydrogens is 360 g/mol. The highest BCUT2D eigenvalue weighted by molar-refractivity contribution is 5.88. The number of rotatable bonds is 10. The van der Waals surface area contributed by atoms with Crippen LogP contribution in [0.4, 0.5) is 0 Å². The summed E-state index contributed by atoms with van der Waals surface area (Å²) in [4.78, 5) is 22.2. The van der Waals surface area contributed by atoms with Gasteiger partial charge in [-0.1, -0.05) is 18.5 Å². The normalized spacial score (nSPS) is 21.6. The van der Waals surface area contributed by atoms with Crippen LogP contribution in [0, 0.1) is 0 Å². The number of hydrogen-bond acceptors (Lipinski definition) is 6. The molecule has 2 N–H and O–H groups in total. The first-order valence-electron chi connectivity index (χ1n) is 10.1. The van der Waals surface area contributed by atoms with Gasteiger partial charge in [-0.3, -0.25) is 9.79 Å². The number of nitrogens with zero attached hydrogens (tertiary/aromatic N) is 5. The molecule has 0 aromatic heterocycles. The summed E-state index contributed by atoms with van der Waals surface area (Å²) in [5.41, 5.74) is 15.6. The third kappa shape index (κ3) is 6.42. The second-order valence-corrected chi connectivity index (χ2v) is 7.18. The molecule has 0 unspecified atom stereocenters. The summed E-state index contributed by atoms with van der Waals surface area (Å²) in [7, 11) is 1.54. The summed E-state index contributed by atoms with van der Waals surface area (Å²) >= 11 is 0. The molecule has 1 heterocycles. The Bertz CT molecular complexity index is 619. The lowest BCUT2D eigenvalue weighted by molar-refractivity contribution is -0.148. The molecule has 9 nitrogen and oxygen atoms in total. The minimum absolute atomic E-state index is 0.0692. The van der Waals surface area contributed by atoms with E-state index in [-0.39, 0.29) is 18.5 Å². The third-order valence-electron chi connectivity index (χ3n) is 4.97. The number of azide groups is 1. The van der Waals surface area contributed by atoms with Crippen molar-refractivity contribution < 1.29 is 14.3 Å². The van der Waals surface area contributed by atoms with E-state index in [0.29, 0.717) is 31.2 Å². The van der Waals surface area contributed by atoms with E-state index in [1.54, 1.807) is 11.0 Å². The number of amides is 1. The smallest absolute Gasteiger partial charge is 0.252 e. The molecule has 0 aromatic rings. The van der Waals surface area contributed by atoms with Crippen molar-refractivity contribution in [3.63, 3.8) is 0 Å². The van der Waals surface area contributed by atoms with Gasteiger partial charge in [0.1, 0.15) is 6.10 Å². The standard InChI is InChI=1S/C19H32N6O3/c1-3-4-10-22-18(27-2)12-15(20)16(13-23-24-21)25(14-8-9-14)19(26)17-7-5-6-11-28-17/h12,14,16-17H,3-11,13,20H2,1-2H3/t16-,17-/m1/s1. The molecular formula is C19H32N6O3. The van der Waals surface area contributed by atoms with Gasteiger partial charge in [-0.05, 0) is 44.1 Å². The van der Waals surface area contributed by atoms with E-state index in [2.05, 4.69) is 21.9 Å². The molecule has 0 aromatic carbocycles. The number of carbonyl (C=O) groups excluding carboxylic acids is 1. The van der Waals surface area contributed by atoms with Gasteiger partial charge in [-0.25, -0.2) is 0 Å². The minimum Gasteiger partial charge on any atom is -0.481 e. The van der Waals surface area contributed by atoms with Gasteiger partial charge in [0.25, 0.3) is 5.91 Å². The second kappa shape index (κ2) is 11.6. The highest BCUT2D eigenvalue weighted by Crippen LogP contribution is 2.32. The van der Waals surface area contributed by atoms with E-state index in [4.69, 9.17) is 20.7 Å². The molecule has 1 saturated heterocycles. The Kier molecular flexibility index (Phi) is 9.10. The van der Waals surface area contributed by atoms with Crippen LogP contribution < -0.4 is 5.73 Å². The second-order valence-electron chi connectivity index (χ2n) is 7.18. The zero-order valence-electron chi connectivity index (χ0n) is 16.9. The Morgan fingerprint density at radius 2 is 2.21 bits per heavy atom. The van der Waals surface area contributed by atoms with E-state index in [0.717, 1.165) is 38.5 Å². The van der Waals surface area contributed by atoms with E-state index >= 15 is 0 Å². The first-order chi connectivity index (χ1) is 13.6. The number of hydrogen-bond donors (Lipinski definition) is 1. The van der Waals surface area contributed by atoms with Crippen LogP contribution in [0.25, 0.3) is 10.4 Å². The van der Waals surface area contributed by atoms with E-state index in [9.17, 15) is 4.79 Å². The fourth-order valence-corrected chi connectivity index (χ4v) is 3.27. The van der Waals surface area contributed by atoms with E-state index in [1.807, 2.05) is 0 Å². The van der Waals surface area contributed by atoms with Crippen LogP contribution >= 0.6 is 0 Å². The highest BCUT2D eigenvalue weighted by atomic mass is 16.5. The number of methoxy groups -OCH3 is 1. The fourth-order valence-electron chi connectivity index (χ4n) is 3.27. The monoisotopic (exact) mass is 392 g/mol. The summed E-state index contributed by atoms with van der Waals surface area (Å²) in [6.07, 6.45) is 7.66. The van der Waals surface area contributed by atoms with Gasteiger partial charge in [-0.2, -0.15) is 0 Å². The number of nitrogens with two attached hydrogens (primary N) is 1. The Labute approximate surface area is 166 Å². The predicted octanol–water partition coefficient (Wildman–Crippen LogP) is 2.91. The molecule has 0 bridgehead atoms. The Morgan fingerprint density at radius 1 is 1.43 bits per heavy atom. The molecule has 1 saturated carbocycles. The average Bonchev–Trinajstić information content (AvgIpc) is 3.55. The van der Waals surface area contributed by atoms with Crippen LogP contribution in [0.3, 0.4) is 0 Å². The van der Waals surface area contributed by atoms with Gasteiger partial charge in [0.05, 0.1) is 19.7 Å². The summed E-state index contributed by atoms with van der Waals surface area (Å²) < 4.78 is 11.0. The molecule has 0 radical (unpaired) electrons. The summed E-state index contributed by atoms with van der Waals surface area (Å²) in [5, 5.41) is 3.70. The average molecular weight is 393 g/mol. The molecule has 1 aliphatic carbocycles. The molecule has 2 aliphatic rings. The zero-order valence-corrected chi connectivity index (χ0v) is 16.9. The van der Waals surface area contributed by atoms with Crippen molar-refractivity contribution in [2.75, 3.05) is 26.8 Å². The number of unbranched alkanes of at least 4 members (excludes halogenated alkanes) is 1. The number of carbonyl (C=O) groups is 1. The molecule has 1 aliphatic heterocycles. The highest BCUT2D eigenvalue weighted by Gasteiger charge is 2.41. The van der Waals surface area contributed by atoms with Gasteiger partial charge in [0.15, 0.2) is 0 Å². The van der Waals surface area contributed by atoms with Crippen molar-refractivity contribution in [3.05, 3.63) is 22.2 Å². The van der Waals surface area contributed by atoms with E-state index < -0.39 is 12.1 Å². The van der Waals surface area contributed by atoms with Crippen molar-refractivity contribution in [1.82, 2.24) is 4.90 Å². The minimum atomic E-state index is -0.534. The lowest BCUT2D eigenvalue weighted by Gasteiger charge is -2.35. The molecule has 0 spiro atoms. The van der Waals surface area contributed by atoms with E-state index in [1.165, 1.54) is 7.11 Å². The third-order valence-corrected chi connectivity index (χ3v) is 4.97. The molecule has 2 rings (SSSR count). The Balaban J connectivity index is 2.24. The maximum Gasteiger partial charge on any atom is 0.252 e. The van der Waals surface area contributed by atoms with Gasteiger partial charge in [-0.15, -0.1) is 0 Å². The quantitative estimate of drug-likeness (QED) is 0.153. The molecule has 28 heavy (non-hydrogen) atoms. The topological polar surface area (TPSA) is 126 Å². The van der Waals surface area contributed by atoms with Crippen molar-refractivity contribution in [2.24, 2.45) is 15.8 Å². The molecule has 2 atom stereocenters. The number of aliphatic imine (C=N–C) groups is 1.